The molecule has 1 aliphatic heterocycles. The number of para-hydroxylation sites is 1. The van der Waals surface area contributed by atoms with Crippen LogP contribution in [-0.2, 0) is 4.74 Å². The fourth-order valence-corrected chi connectivity index (χ4v) is 3.31. The average molecular weight is 387 g/mol. The molecule has 1 fully saturated rings. The number of benzene rings is 2. The van der Waals surface area contributed by atoms with E-state index < -0.39 is 0 Å². The molecule has 3 rings (SSSR count). The van der Waals surface area contributed by atoms with Gasteiger partial charge in [0, 0.05) is 25.1 Å². The third-order valence-corrected chi connectivity index (χ3v) is 4.91. The summed E-state index contributed by atoms with van der Waals surface area (Å²) in [5, 5.41) is 3.20. The second-order valence-electron chi connectivity index (χ2n) is 6.46. The number of carbonyl (C=O) groups is 2. The maximum absolute atomic E-state index is 12.7. The largest absolute Gasteiger partial charge is 0.379 e. The minimum Gasteiger partial charge on any atom is -0.379 e. The zero-order valence-corrected chi connectivity index (χ0v) is 15.9. The van der Waals surface area contributed by atoms with Crippen molar-refractivity contribution in [2.75, 3.05) is 38.2 Å². The van der Waals surface area contributed by atoms with Gasteiger partial charge in [0.2, 0.25) is 0 Å². The number of rotatable bonds is 7. The monoisotopic (exact) mass is 386 g/mol. The van der Waals surface area contributed by atoms with E-state index in [4.69, 9.17) is 16.3 Å². The highest BCUT2D eigenvalue weighted by atomic mass is 35.5. The van der Waals surface area contributed by atoms with Crippen LogP contribution < -0.4 is 5.32 Å². The van der Waals surface area contributed by atoms with Crippen LogP contribution in [0.25, 0.3) is 0 Å². The van der Waals surface area contributed by atoms with Crippen LogP contribution in [0.5, 0.6) is 0 Å². The van der Waals surface area contributed by atoms with Crippen molar-refractivity contribution in [3.8, 4) is 0 Å². The predicted molar refractivity (Wildman–Crippen MR) is 107 cm³/mol. The number of morpholine rings is 1. The van der Waals surface area contributed by atoms with Crippen LogP contribution in [-0.4, -0.2) is 49.4 Å². The molecular formula is C21H23ClN2O3. The van der Waals surface area contributed by atoms with Crippen molar-refractivity contribution in [2.45, 2.75) is 12.8 Å². The molecule has 0 saturated carbocycles. The quantitative estimate of drug-likeness (QED) is 0.733. The maximum atomic E-state index is 12.7. The molecule has 142 valence electrons. The number of nitrogens with one attached hydrogen (secondary N) is 1. The first-order chi connectivity index (χ1) is 13.1. The Morgan fingerprint density at radius 1 is 1.00 bits per heavy atom. The van der Waals surface area contributed by atoms with Gasteiger partial charge in [-0.05, 0) is 37.2 Å². The lowest BCUT2D eigenvalue weighted by Crippen LogP contribution is -2.36. The third kappa shape index (κ3) is 5.39. The molecule has 1 saturated heterocycles. The van der Waals surface area contributed by atoms with Gasteiger partial charge in [-0.15, -0.1) is 0 Å². The minimum absolute atomic E-state index is 0.0262. The normalized spacial score (nSPS) is 14.7. The summed E-state index contributed by atoms with van der Waals surface area (Å²) in [5.41, 5.74) is 1.42. The van der Waals surface area contributed by atoms with Crippen LogP contribution in [0.1, 0.15) is 33.6 Å². The summed E-state index contributed by atoms with van der Waals surface area (Å²) in [4.78, 5) is 27.5. The molecule has 1 aliphatic rings. The minimum atomic E-state index is -0.325. The molecule has 6 heteroatoms. The number of anilines is 1. The molecule has 0 aliphatic carbocycles. The van der Waals surface area contributed by atoms with Crippen molar-refractivity contribution in [2.24, 2.45) is 0 Å². The van der Waals surface area contributed by atoms with Gasteiger partial charge in [0.15, 0.2) is 5.78 Å². The molecule has 0 spiro atoms. The second-order valence-corrected chi connectivity index (χ2v) is 6.87. The standard InChI is InChI=1S/C21H23ClN2O3/c22-18-8-3-1-6-16(18)21(26)23-19-9-4-2-7-17(19)20(25)10-5-11-24-12-14-27-15-13-24/h1-4,6-9H,5,10-15H2,(H,23,26). The van der Waals surface area contributed by atoms with Gasteiger partial charge in [-0.25, -0.2) is 0 Å². The topological polar surface area (TPSA) is 58.6 Å². The summed E-state index contributed by atoms with van der Waals surface area (Å²) in [6.45, 7) is 4.22. The summed E-state index contributed by atoms with van der Waals surface area (Å²) in [6.07, 6.45) is 1.22. The van der Waals surface area contributed by atoms with Crippen molar-refractivity contribution in [3.63, 3.8) is 0 Å². The smallest absolute Gasteiger partial charge is 0.257 e. The molecule has 0 unspecified atom stereocenters. The number of Topliss-reactive ketones (excluding diaryl/α,β-unsaturated/α-hetero) is 1. The maximum Gasteiger partial charge on any atom is 0.257 e. The van der Waals surface area contributed by atoms with Crippen LogP contribution in [0.3, 0.4) is 0 Å². The zero-order valence-electron chi connectivity index (χ0n) is 15.1. The Morgan fingerprint density at radius 3 is 2.41 bits per heavy atom. The molecular weight excluding hydrogens is 364 g/mol. The Kier molecular flexibility index (Phi) is 6.98. The number of hydrogen-bond acceptors (Lipinski definition) is 4. The van der Waals surface area contributed by atoms with Crippen LogP contribution in [0.2, 0.25) is 5.02 Å². The predicted octanol–water partition coefficient (Wildman–Crippen LogP) is 3.89. The van der Waals surface area contributed by atoms with E-state index in [0.29, 0.717) is 28.3 Å². The van der Waals surface area contributed by atoms with E-state index in [9.17, 15) is 9.59 Å². The zero-order chi connectivity index (χ0) is 19.1. The van der Waals surface area contributed by atoms with Gasteiger partial charge >= 0.3 is 0 Å². The molecule has 2 aromatic carbocycles. The summed E-state index contributed by atoms with van der Waals surface area (Å²) >= 11 is 6.09. The molecule has 0 bridgehead atoms. The molecule has 27 heavy (non-hydrogen) atoms. The lowest BCUT2D eigenvalue weighted by Gasteiger charge is -2.26. The highest BCUT2D eigenvalue weighted by molar-refractivity contribution is 6.34. The molecule has 0 aromatic heterocycles. The number of ketones is 1. The van der Waals surface area contributed by atoms with E-state index in [0.717, 1.165) is 39.3 Å². The first kappa shape index (κ1) is 19.5. The van der Waals surface area contributed by atoms with E-state index >= 15 is 0 Å². The van der Waals surface area contributed by atoms with Crippen molar-refractivity contribution in [3.05, 3.63) is 64.7 Å². The van der Waals surface area contributed by atoms with Crippen molar-refractivity contribution in [1.29, 1.82) is 0 Å². The van der Waals surface area contributed by atoms with Gasteiger partial charge in [0.1, 0.15) is 0 Å². The lowest BCUT2D eigenvalue weighted by molar-refractivity contribution is 0.0371. The summed E-state index contributed by atoms with van der Waals surface area (Å²) in [7, 11) is 0. The lowest BCUT2D eigenvalue weighted by atomic mass is 10.0. The van der Waals surface area contributed by atoms with Crippen LogP contribution >= 0.6 is 11.6 Å². The molecule has 1 amide bonds. The molecule has 1 heterocycles. The Labute approximate surface area is 164 Å². The first-order valence-electron chi connectivity index (χ1n) is 9.13. The van der Waals surface area contributed by atoms with Gasteiger partial charge in [0.05, 0.1) is 29.5 Å². The highest BCUT2D eigenvalue weighted by Crippen LogP contribution is 2.21. The molecule has 5 nitrogen and oxygen atoms in total. The van der Waals surface area contributed by atoms with E-state index in [2.05, 4.69) is 10.2 Å². The first-order valence-corrected chi connectivity index (χ1v) is 9.51. The number of ether oxygens (including phenoxy) is 1. The number of carbonyl (C=O) groups excluding carboxylic acids is 2. The Bertz CT molecular complexity index is 804. The van der Waals surface area contributed by atoms with Gasteiger partial charge in [-0.2, -0.15) is 0 Å². The van der Waals surface area contributed by atoms with Gasteiger partial charge < -0.3 is 10.1 Å². The summed E-state index contributed by atoms with van der Waals surface area (Å²) in [5.74, 6) is -0.299. The van der Waals surface area contributed by atoms with Gasteiger partial charge in [-0.3, -0.25) is 14.5 Å². The van der Waals surface area contributed by atoms with Crippen molar-refractivity contribution in [1.82, 2.24) is 4.90 Å². The van der Waals surface area contributed by atoms with Crippen LogP contribution in [0, 0.1) is 0 Å². The SMILES string of the molecule is O=C(Nc1ccccc1C(=O)CCCN1CCOCC1)c1ccccc1Cl. The number of nitrogens with zero attached hydrogens (tertiary/aromatic N) is 1. The van der Waals surface area contributed by atoms with E-state index in [-0.39, 0.29) is 11.7 Å². The van der Waals surface area contributed by atoms with Crippen molar-refractivity contribution < 1.29 is 14.3 Å². The molecule has 0 atom stereocenters. The highest BCUT2D eigenvalue weighted by Gasteiger charge is 2.16. The van der Waals surface area contributed by atoms with E-state index in [1.54, 1.807) is 48.5 Å². The fourth-order valence-electron chi connectivity index (χ4n) is 3.09. The van der Waals surface area contributed by atoms with Crippen LogP contribution in [0.15, 0.2) is 48.5 Å². The number of hydrogen-bond donors (Lipinski definition) is 1. The van der Waals surface area contributed by atoms with Gasteiger partial charge in [0.25, 0.3) is 5.91 Å². The Hall–Kier alpha value is -2.21. The molecule has 0 radical (unpaired) electrons. The van der Waals surface area contributed by atoms with Gasteiger partial charge in [-0.1, -0.05) is 35.9 Å². The average Bonchev–Trinajstić information content (AvgIpc) is 2.69. The number of halogens is 1. The molecule has 1 N–H and O–H groups in total. The summed E-state index contributed by atoms with van der Waals surface area (Å²) < 4.78 is 5.34. The summed E-state index contributed by atoms with van der Waals surface area (Å²) in [6, 6.07) is 13.9. The van der Waals surface area contributed by atoms with E-state index in [1.807, 2.05) is 0 Å². The molecule has 2 aromatic rings. The van der Waals surface area contributed by atoms with Crippen molar-refractivity contribution >= 4 is 29.0 Å². The number of amides is 1. The fraction of sp³-hybridized carbons (Fsp3) is 0.333. The second kappa shape index (κ2) is 9.65. The van der Waals surface area contributed by atoms with E-state index in [1.165, 1.54) is 0 Å². The third-order valence-electron chi connectivity index (χ3n) is 4.58. The Balaban J connectivity index is 1.62. The Morgan fingerprint density at radius 2 is 1.67 bits per heavy atom. The van der Waals surface area contributed by atoms with Crippen LogP contribution in [0.4, 0.5) is 5.69 Å².